The Morgan fingerprint density at radius 2 is 1.89 bits per heavy atom. The van der Waals surface area contributed by atoms with Crippen LogP contribution in [0.1, 0.15) is 55.5 Å². The van der Waals surface area contributed by atoms with Crippen molar-refractivity contribution in [3.8, 4) is 11.3 Å². The lowest BCUT2D eigenvalue weighted by atomic mass is 9.88. The van der Waals surface area contributed by atoms with E-state index in [2.05, 4.69) is 69.2 Å². The van der Waals surface area contributed by atoms with E-state index in [1.54, 1.807) is 0 Å². The van der Waals surface area contributed by atoms with Gasteiger partial charge < -0.3 is 10.3 Å². The van der Waals surface area contributed by atoms with E-state index in [4.69, 9.17) is 0 Å². The first kappa shape index (κ1) is 17.4. The zero-order valence-corrected chi connectivity index (χ0v) is 16.8. The summed E-state index contributed by atoms with van der Waals surface area (Å²) >= 11 is 0. The second kappa shape index (κ2) is 6.74. The fourth-order valence-corrected chi connectivity index (χ4v) is 4.62. The molecule has 0 spiro atoms. The molecule has 4 aromatic rings. The molecule has 3 aromatic heterocycles. The van der Waals surface area contributed by atoms with Crippen LogP contribution in [0.5, 0.6) is 0 Å². The van der Waals surface area contributed by atoms with Crippen LogP contribution in [0.4, 0.5) is 0 Å². The van der Waals surface area contributed by atoms with Crippen molar-refractivity contribution in [1.82, 2.24) is 24.9 Å². The van der Waals surface area contributed by atoms with Crippen LogP contribution in [0.25, 0.3) is 27.8 Å². The highest BCUT2D eigenvalue weighted by Gasteiger charge is 2.20. The molecule has 4 heterocycles. The van der Waals surface area contributed by atoms with Crippen LogP contribution in [-0.2, 0) is 0 Å². The number of fused-ring (bicyclic) bond motifs is 2. The Morgan fingerprint density at radius 3 is 2.68 bits per heavy atom. The van der Waals surface area contributed by atoms with Crippen LogP contribution in [0, 0.1) is 6.92 Å². The van der Waals surface area contributed by atoms with Crippen LogP contribution in [-0.4, -0.2) is 32.7 Å². The summed E-state index contributed by atoms with van der Waals surface area (Å²) in [6.45, 7) is 8.80. The molecule has 1 aromatic carbocycles. The maximum Gasteiger partial charge on any atom is 0.160 e. The Balaban J connectivity index is 1.67. The summed E-state index contributed by atoms with van der Waals surface area (Å²) in [5, 5.41) is 13.2. The van der Waals surface area contributed by atoms with Gasteiger partial charge in [0.25, 0.3) is 0 Å². The third kappa shape index (κ3) is 2.81. The minimum Gasteiger partial charge on any atom is -0.354 e. The van der Waals surface area contributed by atoms with Gasteiger partial charge in [0.2, 0.25) is 0 Å². The largest absolute Gasteiger partial charge is 0.354 e. The number of hydrogen-bond donors (Lipinski definition) is 2. The molecule has 5 rings (SSSR count). The minimum absolute atomic E-state index is 0.435. The number of hydrogen-bond acceptors (Lipinski definition) is 3. The summed E-state index contributed by atoms with van der Waals surface area (Å²) in [7, 11) is 0. The number of H-pyrrole nitrogens is 1. The quantitative estimate of drug-likeness (QED) is 0.543. The molecule has 1 fully saturated rings. The van der Waals surface area contributed by atoms with E-state index in [0.717, 1.165) is 24.6 Å². The second-order valence-electron chi connectivity index (χ2n) is 8.29. The Morgan fingerprint density at radius 1 is 1.07 bits per heavy atom. The van der Waals surface area contributed by atoms with Crippen molar-refractivity contribution in [2.45, 2.75) is 45.4 Å². The van der Waals surface area contributed by atoms with E-state index in [1.165, 1.54) is 46.1 Å². The van der Waals surface area contributed by atoms with Gasteiger partial charge in [-0.1, -0.05) is 19.9 Å². The molecule has 0 atom stereocenters. The Bertz CT molecular complexity index is 1140. The van der Waals surface area contributed by atoms with Crippen molar-refractivity contribution in [2.24, 2.45) is 0 Å². The third-order valence-corrected chi connectivity index (χ3v) is 6.11. The Hall–Kier alpha value is -2.66. The van der Waals surface area contributed by atoms with Gasteiger partial charge >= 0.3 is 0 Å². The molecule has 2 N–H and O–H groups in total. The molecule has 28 heavy (non-hydrogen) atoms. The topological polar surface area (TPSA) is 58.0 Å². The van der Waals surface area contributed by atoms with Gasteiger partial charge in [0.1, 0.15) is 5.82 Å². The van der Waals surface area contributed by atoms with Gasteiger partial charge in [-0.3, -0.25) is 4.40 Å². The molecular weight excluding hydrogens is 346 g/mol. The van der Waals surface area contributed by atoms with Crippen molar-refractivity contribution in [3.05, 3.63) is 53.5 Å². The molecule has 5 nitrogen and oxygen atoms in total. The fourth-order valence-electron chi connectivity index (χ4n) is 4.62. The number of pyridine rings is 1. The number of aryl methyl sites for hydroxylation is 1. The first-order chi connectivity index (χ1) is 13.6. The van der Waals surface area contributed by atoms with E-state index in [0.29, 0.717) is 11.8 Å². The molecule has 1 aliphatic rings. The molecule has 144 valence electrons. The maximum atomic E-state index is 4.21. The van der Waals surface area contributed by atoms with Gasteiger partial charge in [0, 0.05) is 22.7 Å². The van der Waals surface area contributed by atoms with Crippen LogP contribution in [0.3, 0.4) is 0 Å². The Kier molecular flexibility index (Phi) is 4.20. The van der Waals surface area contributed by atoms with Gasteiger partial charge in [-0.15, -0.1) is 10.2 Å². The maximum absolute atomic E-state index is 4.21. The fraction of sp³-hybridized carbons (Fsp3) is 0.391. The summed E-state index contributed by atoms with van der Waals surface area (Å²) in [4.78, 5) is 3.70. The van der Waals surface area contributed by atoms with E-state index in [-0.39, 0.29) is 0 Å². The number of nitrogens with zero attached hydrogens (tertiary/aromatic N) is 3. The van der Waals surface area contributed by atoms with Crippen molar-refractivity contribution >= 4 is 16.6 Å². The van der Waals surface area contributed by atoms with Gasteiger partial charge in [0.15, 0.2) is 5.65 Å². The zero-order valence-electron chi connectivity index (χ0n) is 16.8. The molecule has 0 bridgehead atoms. The molecule has 0 radical (unpaired) electrons. The number of aromatic amines is 1. The average molecular weight is 374 g/mol. The number of nitrogens with one attached hydrogen (secondary N) is 2. The monoisotopic (exact) mass is 373 g/mol. The van der Waals surface area contributed by atoms with Gasteiger partial charge in [0.05, 0.1) is 5.69 Å². The highest BCUT2D eigenvalue weighted by atomic mass is 15.2. The summed E-state index contributed by atoms with van der Waals surface area (Å²) in [5.41, 5.74) is 7.37. The van der Waals surface area contributed by atoms with Gasteiger partial charge in [-0.2, -0.15) is 0 Å². The number of benzene rings is 1. The lowest BCUT2D eigenvalue weighted by molar-refractivity contribution is 0.460. The van der Waals surface area contributed by atoms with E-state index in [1.807, 2.05) is 13.0 Å². The van der Waals surface area contributed by atoms with Gasteiger partial charge in [-0.25, -0.2) is 0 Å². The predicted molar refractivity (Wildman–Crippen MR) is 114 cm³/mol. The molecule has 1 aliphatic heterocycles. The Labute approximate surface area is 165 Å². The third-order valence-electron chi connectivity index (χ3n) is 6.11. The summed E-state index contributed by atoms with van der Waals surface area (Å²) in [6, 6.07) is 11.2. The van der Waals surface area contributed by atoms with Crippen molar-refractivity contribution in [1.29, 1.82) is 0 Å². The predicted octanol–water partition coefficient (Wildman–Crippen LogP) is 4.78. The van der Waals surface area contributed by atoms with E-state index >= 15 is 0 Å². The second-order valence-corrected chi connectivity index (χ2v) is 8.29. The van der Waals surface area contributed by atoms with E-state index in [9.17, 15) is 0 Å². The van der Waals surface area contributed by atoms with Crippen molar-refractivity contribution in [3.63, 3.8) is 0 Å². The highest BCUT2D eigenvalue weighted by Crippen LogP contribution is 2.38. The average Bonchev–Trinajstić information content (AvgIpc) is 3.28. The number of piperidine rings is 1. The number of rotatable bonds is 3. The molecule has 0 amide bonds. The SMILES string of the molecule is Cc1nnc2ccc(-c3[nH]c4ccc(C5CCNCC5)cc4c3C(C)C)cn12. The minimum atomic E-state index is 0.435. The molecule has 0 unspecified atom stereocenters. The molecule has 1 saturated heterocycles. The highest BCUT2D eigenvalue weighted by molar-refractivity contribution is 5.92. The summed E-state index contributed by atoms with van der Waals surface area (Å²) in [5.74, 6) is 2.01. The smallest absolute Gasteiger partial charge is 0.160 e. The van der Waals surface area contributed by atoms with Crippen LogP contribution in [0.15, 0.2) is 36.5 Å². The van der Waals surface area contributed by atoms with E-state index < -0.39 is 0 Å². The van der Waals surface area contributed by atoms with Crippen LogP contribution in [0.2, 0.25) is 0 Å². The lowest BCUT2D eigenvalue weighted by Gasteiger charge is -2.23. The first-order valence-electron chi connectivity index (χ1n) is 10.3. The summed E-state index contributed by atoms with van der Waals surface area (Å²) in [6.07, 6.45) is 4.60. The normalized spacial score (nSPS) is 15.9. The standard InChI is InChI=1S/C23H27N5/c1-14(2)22-19-12-17(16-8-10-24-11-9-16)4-6-20(19)25-23(22)18-5-7-21-27-26-15(3)28(21)13-18/h4-7,12-14,16,24-25H,8-11H2,1-3H3. The summed E-state index contributed by atoms with van der Waals surface area (Å²) < 4.78 is 2.06. The van der Waals surface area contributed by atoms with Crippen molar-refractivity contribution in [2.75, 3.05) is 13.1 Å². The molecule has 0 saturated carbocycles. The lowest BCUT2D eigenvalue weighted by Crippen LogP contribution is -2.26. The number of aromatic nitrogens is 4. The van der Waals surface area contributed by atoms with Gasteiger partial charge in [-0.05, 0) is 80.1 Å². The molecule has 0 aliphatic carbocycles. The van der Waals surface area contributed by atoms with Crippen LogP contribution >= 0.6 is 0 Å². The zero-order chi connectivity index (χ0) is 19.3. The molecular formula is C23H27N5. The van der Waals surface area contributed by atoms with Crippen molar-refractivity contribution < 1.29 is 0 Å². The molecule has 5 heteroatoms. The van der Waals surface area contributed by atoms with Crippen LogP contribution < -0.4 is 5.32 Å². The first-order valence-corrected chi connectivity index (χ1v) is 10.3.